The SMILES string of the molecule is N/C(=C\C=C(/N)NC(=O)Cc1ccccc1)CCCCc1nnc(NC(=O)C(OC(=O)CCN2CCOCC2)c2cccc(Cl)c2)s1. The number of esters is 1. The summed E-state index contributed by atoms with van der Waals surface area (Å²) in [7, 11) is 0. The summed E-state index contributed by atoms with van der Waals surface area (Å²) in [6.07, 6.45) is 5.28. The number of anilines is 1. The highest BCUT2D eigenvalue weighted by atomic mass is 35.5. The van der Waals surface area contributed by atoms with Crippen molar-refractivity contribution in [1.29, 1.82) is 0 Å². The minimum Gasteiger partial charge on any atom is -0.447 e. The van der Waals surface area contributed by atoms with Gasteiger partial charge in [-0.25, -0.2) is 0 Å². The maximum atomic E-state index is 13.3. The zero-order valence-electron chi connectivity index (χ0n) is 26.0. The van der Waals surface area contributed by atoms with Crippen LogP contribution >= 0.6 is 22.9 Å². The Morgan fingerprint density at radius 1 is 1.02 bits per heavy atom. The van der Waals surface area contributed by atoms with Crippen molar-refractivity contribution in [2.24, 2.45) is 11.5 Å². The molecule has 0 aliphatic carbocycles. The molecule has 47 heavy (non-hydrogen) atoms. The Morgan fingerprint density at radius 2 is 1.81 bits per heavy atom. The number of nitrogens with one attached hydrogen (secondary N) is 2. The first-order valence-electron chi connectivity index (χ1n) is 15.4. The summed E-state index contributed by atoms with van der Waals surface area (Å²) in [5.74, 6) is -1.02. The van der Waals surface area contributed by atoms with Crippen LogP contribution in [0.2, 0.25) is 5.02 Å². The molecule has 1 aliphatic heterocycles. The Balaban J connectivity index is 1.22. The van der Waals surface area contributed by atoms with E-state index in [1.165, 1.54) is 11.3 Å². The summed E-state index contributed by atoms with van der Waals surface area (Å²) in [5, 5.41) is 15.1. The smallest absolute Gasteiger partial charge is 0.308 e. The van der Waals surface area contributed by atoms with Gasteiger partial charge in [0.1, 0.15) is 10.8 Å². The zero-order valence-corrected chi connectivity index (χ0v) is 27.6. The number of rotatable bonds is 16. The number of amides is 2. The van der Waals surface area contributed by atoms with E-state index < -0.39 is 18.0 Å². The number of benzene rings is 2. The normalized spacial score (nSPS) is 14.7. The Bertz CT molecular complexity index is 1540. The third-order valence-electron chi connectivity index (χ3n) is 7.15. The van der Waals surface area contributed by atoms with Gasteiger partial charge in [-0.15, -0.1) is 10.2 Å². The van der Waals surface area contributed by atoms with Crippen molar-refractivity contribution in [2.75, 3.05) is 38.2 Å². The lowest BCUT2D eigenvalue weighted by Crippen LogP contribution is -2.38. The number of hydrogen-bond acceptors (Lipinski definition) is 11. The second-order valence-electron chi connectivity index (χ2n) is 10.9. The fourth-order valence-corrected chi connectivity index (χ4v) is 5.68. The number of carbonyl (C=O) groups is 3. The second kappa shape index (κ2) is 18.7. The molecule has 0 bridgehead atoms. The lowest BCUT2D eigenvalue weighted by atomic mass is 10.1. The summed E-state index contributed by atoms with van der Waals surface area (Å²) >= 11 is 7.42. The van der Waals surface area contributed by atoms with Crippen LogP contribution in [0.4, 0.5) is 5.13 Å². The van der Waals surface area contributed by atoms with E-state index in [1.807, 2.05) is 30.3 Å². The summed E-state index contributed by atoms with van der Waals surface area (Å²) in [4.78, 5) is 40.3. The largest absolute Gasteiger partial charge is 0.447 e. The third-order valence-corrected chi connectivity index (χ3v) is 8.28. The van der Waals surface area contributed by atoms with E-state index in [1.54, 1.807) is 36.4 Å². The average Bonchev–Trinajstić information content (AvgIpc) is 3.51. The van der Waals surface area contributed by atoms with Crippen LogP contribution in [-0.2, 0) is 36.7 Å². The summed E-state index contributed by atoms with van der Waals surface area (Å²) in [6.45, 7) is 3.27. The van der Waals surface area contributed by atoms with Gasteiger partial charge in [0.25, 0.3) is 5.91 Å². The Labute approximate surface area is 283 Å². The van der Waals surface area contributed by atoms with Gasteiger partial charge in [-0.2, -0.15) is 0 Å². The molecule has 2 amide bonds. The van der Waals surface area contributed by atoms with Crippen molar-refractivity contribution < 1.29 is 23.9 Å². The predicted molar refractivity (Wildman–Crippen MR) is 181 cm³/mol. The monoisotopic (exact) mass is 681 g/mol. The number of aromatic nitrogens is 2. The Morgan fingerprint density at radius 3 is 2.57 bits per heavy atom. The highest BCUT2D eigenvalue weighted by molar-refractivity contribution is 7.15. The van der Waals surface area contributed by atoms with Crippen LogP contribution in [-0.4, -0.2) is 65.7 Å². The molecule has 3 aromatic rings. The number of aryl methyl sites for hydroxylation is 1. The minimum absolute atomic E-state index is 0.141. The maximum Gasteiger partial charge on any atom is 0.308 e. The van der Waals surface area contributed by atoms with Crippen LogP contribution in [0.15, 0.2) is 78.3 Å². The van der Waals surface area contributed by atoms with E-state index in [-0.39, 0.29) is 24.6 Å². The average molecular weight is 682 g/mol. The number of nitrogens with two attached hydrogens (primary N) is 2. The van der Waals surface area contributed by atoms with Crippen molar-refractivity contribution in [3.05, 3.63) is 99.4 Å². The van der Waals surface area contributed by atoms with Crippen LogP contribution in [0.1, 0.15) is 47.9 Å². The maximum absolute atomic E-state index is 13.3. The van der Waals surface area contributed by atoms with E-state index in [0.29, 0.717) is 54.0 Å². The van der Waals surface area contributed by atoms with Gasteiger partial charge in [-0.05, 0) is 49.1 Å². The molecule has 0 spiro atoms. The molecule has 12 nitrogen and oxygen atoms in total. The molecule has 1 unspecified atom stereocenters. The number of halogens is 1. The lowest BCUT2D eigenvalue weighted by Gasteiger charge is -2.26. The van der Waals surface area contributed by atoms with Gasteiger partial charge >= 0.3 is 5.97 Å². The van der Waals surface area contributed by atoms with E-state index in [2.05, 4.69) is 25.7 Å². The van der Waals surface area contributed by atoms with Crippen LogP contribution in [0.5, 0.6) is 0 Å². The van der Waals surface area contributed by atoms with Crippen LogP contribution in [0.25, 0.3) is 0 Å². The number of morpholine rings is 1. The Kier molecular flexibility index (Phi) is 14.2. The predicted octanol–water partition coefficient (Wildman–Crippen LogP) is 3.85. The van der Waals surface area contributed by atoms with Crippen LogP contribution in [0, 0.1) is 0 Å². The molecule has 6 N–H and O–H groups in total. The molecule has 14 heteroatoms. The molecule has 250 valence electrons. The molecule has 1 atom stereocenters. The summed E-state index contributed by atoms with van der Waals surface area (Å²) < 4.78 is 11.0. The number of carbonyl (C=O) groups excluding carboxylic acids is 3. The first-order chi connectivity index (χ1) is 22.7. The third kappa shape index (κ3) is 12.8. The first kappa shape index (κ1) is 35.6. The molecular weight excluding hydrogens is 642 g/mol. The number of allylic oxidation sites excluding steroid dienone is 3. The molecule has 4 rings (SSSR count). The van der Waals surface area contributed by atoms with E-state index in [4.69, 9.17) is 32.5 Å². The van der Waals surface area contributed by atoms with Crippen molar-refractivity contribution >= 4 is 45.9 Å². The van der Waals surface area contributed by atoms with Crippen molar-refractivity contribution in [1.82, 2.24) is 20.4 Å². The van der Waals surface area contributed by atoms with Crippen LogP contribution in [0.3, 0.4) is 0 Å². The summed E-state index contributed by atoms with van der Waals surface area (Å²) in [6, 6.07) is 16.1. The van der Waals surface area contributed by atoms with Gasteiger partial charge in [-0.3, -0.25) is 24.6 Å². The molecule has 1 fully saturated rings. The molecule has 2 aromatic carbocycles. The molecular formula is C33H40ClN7O5S. The fourth-order valence-electron chi connectivity index (χ4n) is 4.70. The molecule has 1 aromatic heterocycles. The highest BCUT2D eigenvalue weighted by Crippen LogP contribution is 2.25. The molecule has 0 radical (unpaired) electrons. The van der Waals surface area contributed by atoms with Gasteiger partial charge < -0.3 is 26.3 Å². The van der Waals surface area contributed by atoms with Crippen molar-refractivity contribution in [3.8, 4) is 0 Å². The van der Waals surface area contributed by atoms with Gasteiger partial charge in [-0.1, -0.05) is 65.4 Å². The number of ether oxygens (including phenoxy) is 2. The number of hydrogen-bond donors (Lipinski definition) is 4. The lowest BCUT2D eigenvalue weighted by molar-refractivity contribution is -0.155. The van der Waals surface area contributed by atoms with E-state index in [0.717, 1.165) is 36.5 Å². The zero-order chi connectivity index (χ0) is 33.4. The summed E-state index contributed by atoms with van der Waals surface area (Å²) in [5.41, 5.74) is 14.0. The van der Waals surface area contributed by atoms with Crippen LogP contribution < -0.4 is 22.1 Å². The fraction of sp³-hybridized carbons (Fsp3) is 0.364. The van der Waals surface area contributed by atoms with Gasteiger partial charge in [0.15, 0.2) is 0 Å². The quantitative estimate of drug-likeness (QED) is 0.0987. The first-order valence-corrected chi connectivity index (χ1v) is 16.6. The van der Waals surface area contributed by atoms with E-state index >= 15 is 0 Å². The van der Waals surface area contributed by atoms with Gasteiger partial charge in [0.05, 0.1) is 26.1 Å². The molecule has 0 saturated carbocycles. The van der Waals surface area contributed by atoms with Crippen molar-refractivity contribution in [2.45, 2.75) is 44.6 Å². The van der Waals surface area contributed by atoms with Gasteiger partial charge in [0, 0.05) is 42.3 Å². The Hall–Kier alpha value is -4.30. The van der Waals surface area contributed by atoms with Crippen molar-refractivity contribution in [3.63, 3.8) is 0 Å². The number of unbranched alkanes of at least 4 members (excludes halogenated alkanes) is 1. The number of nitrogens with zero attached hydrogens (tertiary/aromatic N) is 3. The van der Waals surface area contributed by atoms with E-state index in [9.17, 15) is 14.4 Å². The van der Waals surface area contributed by atoms with Gasteiger partial charge in [0.2, 0.25) is 17.1 Å². The topological polar surface area (TPSA) is 175 Å². The standard InChI is InChI=1S/C33H40ClN7O5S/c34-25-10-6-9-24(22-25)31(46-30(43)15-16-41-17-19-45-20-18-41)32(44)38-33-40-39-29(47-33)12-5-4-11-26(35)13-14-27(36)37-28(42)21-23-7-2-1-3-8-23/h1-3,6-10,13-14,22,31H,4-5,11-12,15-21,35-36H2,(H,37,42)(H,38,40,44)/b26-13-,27-14+. The highest BCUT2D eigenvalue weighted by Gasteiger charge is 2.27. The minimum atomic E-state index is -1.20. The molecule has 2 heterocycles. The molecule has 1 aliphatic rings. The second-order valence-corrected chi connectivity index (χ2v) is 12.4. The molecule has 1 saturated heterocycles.